The Morgan fingerprint density at radius 1 is 1.36 bits per heavy atom. The Morgan fingerprint density at radius 3 is 2.71 bits per heavy atom. The largest absolute Gasteiger partial charge is 0.390 e. The van der Waals surface area contributed by atoms with Crippen LogP contribution in [-0.4, -0.2) is 29.2 Å². The van der Waals surface area contributed by atoms with E-state index < -0.39 is 0 Å². The van der Waals surface area contributed by atoms with E-state index in [1.165, 1.54) is 0 Å². The van der Waals surface area contributed by atoms with Crippen LogP contribution in [0, 0.1) is 0 Å². The van der Waals surface area contributed by atoms with Gasteiger partial charge in [-0.1, -0.05) is 23.2 Å². The summed E-state index contributed by atoms with van der Waals surface area (Å²) in [5, 5.41) is 10.6. The van der Waals surface area contributed by atoms with Crippen molar-refractivity contribution in [1.82, 2.24) is 4.90 Å². The van der Waals surface area contributed by atoms with E-state index in [-0.39, 0.29) is 6.10 Å². The summed E-state index contributed by atoms with van der Waals surface area (Å²) >= 11 is 11.9. The number of hydrogen-bond acceptors (Lipinski definition) is 2. The predicted molar refractivity (Wildman–Crippen MR) is 57.7 cm³/mol. The number of hydrogen-bond donors (Lipinski definition) is 1. The van der Waals surface area contributed by atoms with Crippen molar-refractivity contribution in [2.75, 3.05) is 13.1 Å². The molecule has 1 fully saturated rings. The standard InChI is InChI=1S/C10H11Cl2NO/c11-8-1-2-10(12)7(3-8)4-13-5-9(14)6-13/h1-3,9,14H,4-6H2. The molecule has 0 unspecified atom stereocenters. The summed E-state index contributed by atoms with van der Waals surface area (Å²) in [5.41, 5.74) is 1.02. The van der Waals surface area contributed by atoms with Crippen LogP contribution in [0.4, 0.5) is 0 Å². The van der Waals surface area contributed by atoms with E-state index >= 15 is 0 Å². The molecule has 0 amide bonds. The van der Waals surface area contributed by atoms with Crippen LogP contribution in [0.15, 0.2) is 18.2 Å². The van der Waals surface area contributed by atoms with Gasteiger partial charge in [0.15, 0.2) is 0 Å². The van der Waals surface area contributed by atoms with Crippen molar-refractivity contribution in [2.24, 2.45) is 0 Å². The second kappa shape index (κ2) is 4.07. The molecule has 1 aliphatic heterocycles. The molecule has 76 valence electrons. The van der Waals surface area contributed by atoms with E-state index in [0.29, 0.717) is 5.02 Å². The first kappa shape index (κ1) is 10.2. The van der Waals surface area contributed by atoms with Gasteiger partial charge in [-0.25, -0.2) is 0 Å². The number of β-amino-alcohol motifs (C(OH)–C–C–N with tert-alkyl or cyclic N) is 1. The molecule has 1 aromatic rings. The van der Waals surface area contributed by atoms with Gasteiger partial charge < -0.3 is 5.11 Å². The van der Waals surface area contributed by atoms with Crippen LogP contribution < -0.4 is 0 Å². The van der Waals surface area contributed by atoms with Crippen LogP contribution in [0.1, 0.15) is 5.56 Å². The first-order valence-corrected chi connectivity index (χ1v) is 5.25. The third-order valence-corrected chi connectivity index (χ3v) is 2.94. The molecule has 1 aromatic carbocycles. The first-order valence-electron chi connectivity index (χ1n) is 4.49. The highest BCUT2D eigenvalue weighted by Gasteiger charge is 2.24. The Hall–Kier alpha value is -0.280. The zero-order valence-electron chi connectivity index (χ0n) is 7.58. The van der Waals surface area contributed by atoms with Crippen molar-refractivity contribution in [3.8, 4) is 0 Å². The highest BCUT2D eigenvalue weighted by Crippen LogP contribution is 2.23. The Kier molecular flexibility index (Phi) is 2.98. The number of aliphatic hydroxyl groups excluding tert-OH is 1. The highest BCUT2D eigenvalue weighted by atomic mass is 35.5. The molecule has 0 aromatic heterocycles. The second-order valence-electron chi connectivity index (χ2n) is 3.58. The predicted octanol–water partition coefficient (Wildman–Crippen LogP) is 2.17. The number of aliphatic hydroxyl groups is 1. The van der Waals surface area contributed by atoms with Crippen LogP contribution in [0.3, 0.4) is 0 Å². The average molecular weight is 232 g/mol. The first-order chi connectivity index (χ1) is 6.65. The zero-order valence-corrected chi connectivity index (χ0v) is 9.09. The molecule has 0 radical (unpaired) electrons. The van der Waals surface area contributed by atoms with Crippen molar-refractivity contribution in [1.29, 1.82) is 0 Å². The molecule has 2 nitrogen and oxygen atoms in total. The maximum atomic E-state index is 9.12. The molecule has 0 aliphatic carbocycles. The summed E-state index contributed by atoms with van der Waals surface area (Å²) in [4.78, 5) is 2.13. The van der Waals surface area contributed by atoms with E-state index in [1.54, 1.807) is 12.1 Å². The maximum Gasteiger partial charge on any atom is 0.0794 e. The van der Waals surface area contributed by atoms with Gasteiger partial charge in [-0.05, 0) is 23.8 Å². The van der Waals surface area contributed by atoms with Crippen molar-refractivity contribution >= 4 is 23.2 Å². The second-order valence-corrected chi connectivity index (χ2v) is 4.43. The lowest BCUT2D eigenvalue weighted by Gasteiger charge is -2.35. The fourth-order valence-electron chi connectivity index (χ4n) is 1.58. The average Bonchev–Trinajstić information content (AvgIpc) is 2.09. The van der Waals surface area contributed by atoms with Crippen molar-refractivity contribution in [2.45, 2.75) is 12.6 Å². The van der Waals surface area contributed by atoms with Crippen LogP contribution >= 0.6 is 23.2 Å². The molecule has 0 spiro atoms. The van der Waals surface area contributed by atoms with E-state index in [9.17, 15) is 0 Å². The van der Waals surface area contributed by atoms with Gasteiger partial charge in [0.2, 0.25) is 0 Å². The Morgan fingerprint density at radius 2 is 2.07 bits per heavy atom. The van der Waals surface area contributed by atoms with Crippen molar-refractivity contribution in [3.63, 3.8) is 0 Å². The van der Waals surface area contributed by atoms with Crippen molar-refractivity contribution < 1.29 is 5.11 Å². The van der Waals surface area contributed by atoms with Gasteiger partial charge in [0.25, 0.3) is 0 Å². The minimum Gasteiger partial charge on any atom is -0.390 e. The topological polar surface area (TPSA) is 23.5 Å². The number of halogens is 2. The molecule has 0 saturated carbocycles. The van der Waals surface area contributed by atoms with Gasteiger partial charge in [0.1, 0.15) is 0 Å². The number of rotatable bonds is 2. The summed E-state index contributed by atoms with van der Waals surface area (Å²) in [6, 6.07) is 5.45. The van der Waals surface area contributed by atoms with Gasteiger partial charge in [0, 0.05) is 29.7 Å². The molecule has 4 heteroatoms. The molecular formula is C10H11Cl2NO. The molecule has 1 N–H and O–H groups in total. The van der Waals surface area contributed by atoms with Gasteiger partial charge in [-0.3, -0.25) is 4.90 Å². The molecule has 2 rings (SSSR count). The molecule has 14 heavy (non-hydrogen) atoms. The third-order valence-electron chi connectivity index (χ3n) is 2.34. The zero-order chi connectivity index (χ0) is 10.1. The van der Waals surface area contributed by atoms with E-state index in [2.05, 4.69) is 4.90 Å². The fourth-order valence-corrected chi connectivity index (χ4v) is 1.95. The summed E-state index contributed by atoms with van der Waals surface area (Å²) in [6.45, 7) is 2.21. The molecule has 1 heterocycles. The van der Waals surface area contributed by atoms with E-state index in [4.69, 9.17) is 28.3 Å². The van der Waals surface area contributed by atoms with E-state index in [1.807, 2.05) is 6.07 Å². The van der Waals surface area contributed by atoms with E-state index in [0.717, 1.165) is 30.2 Å². The van der Waals surface area contributed by atoms with Gasteiger partial charge in [-0.2, -0.15) is 0 Å². The minimum absolute atomic E-state index is 0.173. The third kappa shape index (κ3) is 2.20. The van der Waals surface area contributed by atoms with Gasteiger partial charge in [-0.15, -0.1) is 0 Å². The number of nitrogens with zero attached hydrogens (tertiary/aromatic N) is 1. The minimum atomic E-state index is -0.173. The lowest BCUT2D eigenvalue weighted by atomic mass is 10.1. The quantitative estimate of drug-likeness (QED) is 0.844. The lowest BCUT2D eigenvalue weighted by molar-refractivity contribution is -0.00284. The summed E-state index contributed by atoms with van der Waals surface area (Å²) in [7, 11) is 0. The Labute approximate surface area is 93.0 Å². The Bertz CT molecular complexity index is 337. The van der Waals surface area contributed by atoms with Gasteiger partial charge in [0.05, 0.1) is 6.10 Å². The molecular weight excluding hydrogens is 221 g/mol. The number of likely N-dealkylation sites (tertiary alicyclic amines) is 1. The van der Waals surface area contributed by atoms with Crippen molar-refractivity contribution in [3.05, 3.63) is 33.8 Å². The smallest absolute Gasteiger partial charge is 0.0794 e. The molecule has 1 aliphatic rings. The maximum absolute atomic E-state index is 9.12. The highest BCUT2D eigenvalue weighted by molar-refractivity contribution is 6.33. The van der Waals surface area contributed by atoms with Gasteiger partial charge >= 0.3 is 0 Å². The summed E-state index contributed by atoms with van der Waals surface area (Å²) < 4.78 is 0. The fraction of sp³-hybridized carbons (Fsp3) is 0.400. The Balaban J connectivity index is 2.05. The van der Waals surface area contributed by atoms with Crippen LogP contribution in [-0.2, 0) is 6.54 Å². The molecule has 1 saturated heterocycles. The summed E-state index contributed by atoms with van der Waals surface area (Å²) in [6.07, 6.45) is -0.173. The van der Waals surface area contributed by atoms with Crippen LogP contribution in [0.25, 0.3) is 0 Å². The molecule has 0 atom stereocenters. The van der Waals surface area contributed by atoms with Crippen LogP contribution in [0.5, 0.6) is 0 Å². The SMILES string of the molecule is OC1CN(Cc2cc(Cl)ccc2Cl)C1. The summed E-state index contributed by atoms with van der Waals surface area (Å²) in [5.74, 6) is 0. The lowest BCUT2D eigenvalue weighted by Crippen LogP contribution is -2.49. The van der Waals surface area contributed by atoms with Crippen LogP contribution in [0.2, 0.25) is 10.0 Å². The monoisotopic (exact) mass is 231 g/mol. The molecule has 0 bridgehead atoms. The normalized spacial score (nSPS) is 18.2. The number of benzene rings is 1.